The Morgan fingerprint density at radius 2 is 1.88 bits per heavy atom. The number of hydrogen-bond acceptors (Lipinski definition) is 4. The molecule has 0 saturated carbocycles. The molecule has 0 bridgehead atoms. The number of fused-ring (bicyclic) bond motifs is 1. The van der Waals surface area contributed by atoms with E-state index in [-0.39, 0.29) is 29.6 Å². The number of amides is 1. The van der Waals surface area contributed by atoms with Crippen molar-refractivity contribution in [3.63, 3.8) is 0 Å². The van der Waals surface area contributed by atoms with Crippen molar-refractivity contribution in [2.45, 2.75) is 39.8 Å². The monoisotopic (exact) mass is 331 g/mol. The summed E-state index contributed by atoms with van der Waals surface area (Å²) in [5, 5.41) is 15.3. The third-order valence-electron chi connectivity index (χ3n) is 3.58. The Bertz CT molecular complexity index is 803. The highest BCUT2D eigenvalue weighted by atomic mass is 16.3. The molecule has 2 rings (SSSR count). The summed E-state index contributed by atoms with van der Waals surface area (Å²) < 4.78 is 1.36. The van der Waals surface area contributed by atoms with Crippen molar-refractivity contribution in [1.29, 1.82) is 0 Å². The van der Waals surface area contributed by atoms with Gasteiger partial charge in [0, 0.05) is 25.5 Å². The van der Waals surface area contributed by atoms with E-state index in [1.54, 1.807) is 45.2 Å². The largest absolute Gasteiger partial charge is 0.389 e. The van der Waals surface area contributed by atoms with Crippen molar-refractivity contribution in [3.8, 4) is 0 Å². The topological polar surface area (TPSA) is 75.4 Å². The molecule has 6 heteroatoms. The quantitative estimate of drug-likeness (QED) is 0.908. The highest BCUT2D eigenvalue weighted by molar-refractivity contribution is 6.04. The molecule has 6 nitrogen and oxygen atoms in total. The maximum atomic E-state index is 12.8. The van der Waals surface area contributed by atoms with Crippen LogP contribution in [0.1, 0.15) is 38.2 Å². The summed E-state index contributed by atoms with van der Waals surface area (Å²) in [6, 6.07) is 7.00. The molecule has 0 radical (unpaired) electrons. The molecule has 2 aromatic rings. The van der Waals surface area contributed by atoms with Crippen LogP contribution in [0.15, 0.2) is 29.1 Å². The van der Waals surface area contributed by atoms with Crippen molar-refractivity contribution in [2.24, 2.45) is 5.92 Å². The predicted molar refractivity (Wildman–Crippen MR) is 94.1 cm³/mol. The first kappa shape index (κ1) is 18.1. The van der Waals surface area contributed by atoms with Crippen LogP contribution in [0.3, 0.4) is 0 Å². The third kappa shape index (κ3) is 4.00. The Labute approximate surface area is 141 Å². The first-order valence-corrected chi connectivity index (χ1v) is 8.08. The summed E-state index contributed by atoms with van der Waals surface area (Å²) in [7, 11) is 1.62. The zero-order chi connectivity index (χ0) is 18.1. The molecule has 1 heterocycles. The summed E-state index contributed by atoms with van der Waals surface area (Å²) in [6.45, 7) is 7.88. The Kier molecular flexibility index (Phi) is 5.08. The van der Waals surface area contributed by atoms with Crippen LogP contribution in [0, 0.1) is 5.92 Å². The van der Waals surface area contributed by atoms with E-state index in [2.05, 4.69) is 5.10 Å². The van der Waals surface area contributed by atoms with E-state index in [1.165, 1.54) is 9.58 Å². The lowest BCUT2D eigenvalue weighted by atomic mass is 10.1. The Morgan fingerprint density at radius 3 is 2.42 bits per heavy atom. The Balaban J connectivity index is 2.58. The number of benzene rings is 1. The zero-order valence-corrected chi connectivity index (χ0v) is 14.9. The molecule has 0 saturated heterocycles. The van der Waals surface area contributed by atoms with Gasteiger partial charge in [0.05, 0.1) is 11.0 Å². The summed E-state index contributed by atoms with van der Waals surface area (Å²) in [6.07, 6.45) is 0. The van der Waals surface area contributed by atoms with Gasteiger partial charge in [0.15, 0.2) is 5.69 Å². The van der Waals surface area contributed by atoms with E-state index in [4.69, 9.17) is 0 Å². The predicted octanol–water partition coefficient (Wildman–Crippen LogP) is 1.90. The number of likely N-dealkylation sites (N-methyl/N-ethyl adjacent to an activating group) is 1. The number of nitrogens with zero attached hydrogens (tertiary/aromatic N) is 3. The third-order valence-corrected chi connectivity index (χ3v) is 3.58. The SMILES string of the molecule is CC(C)Cn1nc(C(=O)N(C)CC(C)(C)O)c2ccccc2c1=O. The van der Waals surface area contributed by atoms with Gasteiger partial charge in [0.1, 0.15) is 0 Å². The smallest absolute Gasteiger partial charge is 0.274 e. The second-order valence-electron chi connectivity index (χ2n) is 7.25. The minimum Gasteiger partial charge on any atom is -0.389 e. The molecule has 1 N–H and O–H groups in total. The normalized spacial score (nSPS) is 12.0. The summed E-state index contributed by atoms with van der Waals surface area (Å²) in [5.41, 5.74) is -0.967. The molecular formula is C18H25N3O3. The summed E-state index contributed by atoms with van der Waals surface area (Å²) >= 11 is 0. The van der Waals surface area contributed by atoms with Gasteiger partial charge in [-0.1, -0.05) is 32.0 Å². The molecule has 24 heavy (non-hydrogen) atoms. The number of aliphatic hydroxyl groups is 1. The maximum Gasteiger partial charge on any atom is 0.274 e. The minimum absolute atomic E-state index is 0.172. The molecule has 0 fully saturated rings. The van der Waals surface area contributed by atoms with Gasteiger partial charge in [0.25, 0.3) is 11.5 Å². The molecule has 0 spiro atoms. The molecule has 1 aromatic carbocycles. The van der Waals surface area contributed by atoms with Gasteiger partial charge in [0.2, 0.25) is 0 Å². The van der Waals surface area contributed by atoms with E-state index >= 15 is 0 Å². The zero-order valence-electron chi connectivity index (χ0n) is 14.9. The average Bonchev–Trinajstić information content (AvgIpc) is 2.47. The molecule has 130 valence electrons. The summed E-state index contributed by atoms with van der Waals surface area (Å²) in [5.74, 6) is -0.0840. The Hall–Kier alpha value is -2.21. The van der Waals surface area contributed by atoms with Crippen LogP contribution in [0.25, 0.3) is 10.8 Å². The van der Waals surface area contributed by atoms with Crippen molar-refractivity contribution >= 4 is 16.7 Å². The fraction of sp³-hybridized carbons (Fsp3) is 0.500. The standard InChI is InChI=1S/C18H25N3O3/c1-12(2)10-21-16(22)14-9-7-6-8-13(14)15(19-21)17(23)20(5)11-18(3,4)24/h6-9,12,24H,10-11H2,1-5H3. The van der Waals surface area contributed by atoms with Crippen LogP contribution >= 0.6 is 0 Å². The van der Waals surface area contributed by atoms with Crippen molar-refractivity contribution in [2.75, 3.05) is 13.6 Å². The molecule has 0 unspecified atom stereocenters. The molecule has 0 atom stereocenters. The highest BCUT2D eigenvalue weighted by Crippen LogP contribution is 2.16. The van der Waals surface area contributed by atoms with E-state index in [9.17, 15) is 14.7 Å². The second kappa shape index (κ2) is 6.73. The van der Waals surface area contributed by atoms with Gasteiger partial charge in [-0.3, -0.25) is 9.59 Å². The number of rotatable bonds is 5. The van der Waals surface area contributed by atoms with Crippen LogP contribution in [0.2, 0.25) is 0 Å². The number of aromatic nitrogens is 2. The van der Waals surface area contributed by atoms with Gasteiger partial charge in [-0.2, -0.15) is 5.10 Å². The van der Waals surface area contributed by atoms with Gasteiger partial charge >= 0.3 is 0 Å². The van der Waals surface area contributed by atoms with E-state index in [1.807, 2.05) is 13.8 Å². The van der Waals surface area contributed by atoms with E-state index in [0.717, 1.165) is 0 Å². The molecule has 0 aliphatic rings. The van der Waals surface area contributed by atoms with Crippen LogP contribution in [-0.2, 0) is 6.54 Å². The molecular weight excluding hydrogens is 306 g/mol. The van der Waals surface area contributed by atoms with Crippen molar-refractivity contribution in [3.05, 3.63) is 40.3 Å². The first-order chi connectivity index (χ1) is 11.1. The molecule has 0 aliphatic heterocycles. The van der Waals surface area contributed by atoms with Gasteiger partial charge < -0.3 is 10.0 Å². The summed E-state index contributed by atoms with van der Waals surface area (Å²) in [4.78, 5) is 26.8. The fourth-order valence-electron chi connectivity index (χ4n) is 2.70. The van der Waals surface area contributed by atoms with Gasteiger partial charge in [-0.05, 0) is 25.8 Å². The van der Waals surface area contributed by atoms with E-state index < -0.39 is 5.60 Å². The first-order valence-electron chi connectivity index (χ1n) is 8.08. The van der Waals surface area contributed by atoms with Gasteiger partial charge in [-0.25, -0.2) is 4.68 Å². The second-order valence-corrected chi connectivity index (χ2v) is 7.25. The van der Waals surface area contributed by atoms with Crippen molar-refractivity contribution in [1.82, 2.24) is 14.7 Å². The average molecular weight is 331 g/mol. The van der Waals surface area contributed by atoms with Crippen LogP contribution < -0.4 is 5.56 Å². The Morgan fingerprint density at radius 1 is 1.29 bits per heavy atom. The van der Waals surface area contributed by atoms with Gasteiger partial charge in [-0.15, -0.1) is 0 Å². The number of hydrogen-bond donors (Lipinski definition) is 1. The lowest BCUT2D eigenvalue weighted by Crippen LogP contribution is -2.41. The van der Waals surface area contributed by atoms with Crippen LogP contribution in [0.5, 0.6) is 0 Å². The van der Waals surface area contributed by atoms with E-state index in [0.29, 0.717) is 17.3 Å². The molecule has 1 amide bonds. The minimum atomic E-state index is -1.01. The fourth-order valence-corrected chi connectivity index (χ4v) is 2.70. The number of carbonyl (C=O) groups excluding carboxylic acids is 1. The lowest BCUT2D eigenvalue weighted by Gasteiger charge is -2.25. The van der Waals surface area contributed by atoms with Crippen molar-refractivity contribution < 1.29 is 9.90 Å². The van der Waals surface area contributed by atoms with Crippen LogP contribution in [-0.4, -0.2) is 44.9 Å². The lowest BCUT2D eigenvalue weighted by molar-refractivity contribution is 0.0364. The molecule has 0 aliphatic carbocycles. The maximum absolute atomic E-state index is 12.8. The molecule has 1 aromatic heterocycles. The number of carbonyl (C=O) groups is 1. The van der Waals surface area contributed by atoms with Crippen LogP contribution in [0.4, 0.5) is 0 Å². The highest BCUT2D eigenvalue weighted by Gasteiger charge is 2.24.